The van der Waals surface area contributed by atoms with E-state index in [9.17, 15) is 4.79 Å². The van der Waals surface area contributed by atoms with Gasteiger partial charge in [0.05, 0.1) is 12.1 Å². The van der Waals surface area contributed by atoms with Crippen molar-refractivity contribution in [3.63, 3.8) is 0 Å². The molecule has 1 amide bonds. The van der Waals surface area contributed by atoms with Crippen molar-refractivity contribution >= 4 is 12.1 Å². The monoisotopic (exact) mass is 232 g/mol. The molecule has 0 saturated heterocycles. The second-order valence-electron chi connectivity index (χ2n) is 4.00. The molecule has 1 atom stereocenters. The molecule has 0 spiro atoms. The molecule has 6 heteroatoms. The maximum Gasteiger partial charge on any atom is 0.228 e. The quantitative estimate of drug-likeness (QED) is 0.301. The Labute approximate surface area is 95.6 Å². The predicted octanol–water partition coefficient (Wildman–Crippen LogP) is 0.454. The number of nitrogens with zero attached hydrogens (tertiary/aromatic N) is 1. The molecule has 0 aliphatic rings. The van der Waals surface area contributed by atoms with Gasteiger partial charge in [0.1, 0.15) is 0 Å². The number of ether oxygens (including phenoxy) is 2. The predicted molar refractivity (Wildman–Crippen MR) is 59.4 cm³/mol. The molecule has 0 radical (unpaired) electrons. The fourth-order valence-electron chi connectivity index (χ4n) is 1.57. The second kappa shape index (κ2) is 6.44. The van der Waals surface area contributed by atoms with Gasteiger partial charge < -0.3 is 20.0 Å². The van der Waals surface area contributed by atoms with Crippen molar-refractivity contribution < 1.29 is 19.5 Å². The van der Waals surface area contributed by atoms with E-state index in [1.54, 1.807) is 13.8 Å². The summed E-state index contributed by atoms with van der Waals surface area (Å²) in [5, 5.41) is 14.1. The van der Waals surface area contributed by atoms with Gasteiger partial charge in [0.25, 0.3) is 0 Å². The smallest absolute Gasteiger partial charge is 0.228 e. The minimum Gasteiger partial charge on any atom is -0.411 e. The van der Waals surface area contributed by atoms with Crippen molar-refractivity contribution in [2.24, 2.45) is 16.5 Å². The number of carbonyl (C=O) groups is 1. The van der Waals surface area contributed by atoms with E-state index in [1.165, 1.54) is 27.5 Å². The SMILES string of the molecule is CNC(=O)C(C(OC)OC)C(C)(C)/C=N\O. The average Bonchev–Trinajstić information content (AvgIpc) is 2.24. The lowest BCUT2D eigenvalue weighted by Crippen LogP contribution is -2.47. The van der Waals surface area contributed by atoms with Crippen LogP contribution in [0, 0.1) is 11.3 Å². The highest BCUT2D eigenvalue weighted by atomic mass is 16.7. The van der Waals surface area contributed by atoms with Crippen molar-refractivity contribution in [1.29, 1.82) is 0 Å². The zero-order valence-electron chi connectivity index (χ0n) is 10.4. The fourth-order valence-corrected chi connectivity index (χ4v) is 1.57. The standard InChI is InChI=1S/C10H20N2O4/c1-10(2,6-12-14)7(8(13)11-3)9(15-4)16-5/h6-7,9,14H,1-5H3,(H,11,13)/b12-6-. The first-order valence-electron chi connectivity index (χ1n) is 4.90. The molecule has 1 unspecified atom stereocenters. The molecule has 0 aromatic carbocycles. The molecule has 0 heterocycles. The van der Waals surface area contributed by atoms with Crippen molar-refractivity contribution in [2.75, 3.05) is 21.3 Å². The van der Waals surface area contributed by atoms with Gasteiger partial charge in [0.15, 0.2) is 6.29 Å². The number of carbonyl (C=O) groups excluding carboxylic acids is 1. The highest BCUT2D eigenvalue weighted by molar-refractivity contribution is 5.84. The number of hydrogen-bond acceptors (Lipinski definition) is 5. The van der Waals surface area contributed by atoms with Crippen LogP contribution >= 0.6 is 0 Å². The minimum absolute atomic E-state index is 0.237. The van der Waals surface area contributed by atoms with Crippen LogP contribution in [0.2, 0.25) is 0 Å². The Hall–Kier alpha value is -1.14. The molecule has 0 rings (SSSR count). The maximum atomic E-state index is 11.8. The molecule has 0 fully saturated rings. The van der Waals surface area contributed by atoms with Crippen molar-refractivity contribution in [2.45, 2.75) is 20.1 Å². The first-order valence-corrected chi connectivity index (χ1v) is 4.90. The Morgan fingerprint density at radius 1 is 1.44 bits per heavy atom. The van der Waals surface area contributed by atoms with Crippen LogP contribution in [0.1, 0.15) is 13.8 Å². The van der Waals surface area contributed by atoms with Gasteiger partial charge in [-0.15, -0.1) is 5.16 Å². The molecule has 0 aliphatic heterocycles. The maximum absolute atomic E-state index is 11.8. The number of hydrogen-bond donors (Lipinski definition) is 2. The average molecular weight is 232 g/mol. The Kier molecular flexibility index (Phi) is 5.98. The zero-order chi connectivity index (χ0) is 12.8. The molecular weight excluding hydrogens is 212 g/mol. The van der Waals surface area contributed by atoms with Crippen LogP contribution in [0.5, 0.6) is 0 Å². The van der Waals surface area contributed by atoms with E-state index in [0.717, 1.165) is 0 Å². The van der Waals surface area contributed by atoms with Gasteiger partial charge in [-0.1, -0.05) is 13.8 Å². The van der Waals surface area contributed by atoms with E-state index in [0.29, 0.717) is 0 Å². The Morgan fingerprint density at radius 2 is 1.94 bits per heavy atom. The number of rotatable bonds is 6. The lowest BCUT2D eigenvalue weighted by Gasteiger charge is -2.33. The van der Waals surface area contributed by atoms with Crippen LogP contribution in [-0.4, -0.2) is 44.9 Å². The van der Waals surface area contributed by atoms with E-state index < -0.39 is 17.6 Å². The van der Waals surface area contributed by atoms with E-state index in [-0.39, 0.29) is 5.91 Å². The lowest BCUT2D eigenvalue weighted by atomic mass is 9.78. The third-order valence-electron chi connectivity index (χ3n) is 2.46. The molecule has 16 heavy (non-hydrogen) atoms. The highest BCUT2D eigenvalue weighted by Crippen LogP contribution is 2.29. The molecule has 0 saturated carbocycles. The molecule has 0 aromatic heterocycles. The van der Waals surface area contributed by atoms with Crippen LogP contribution in [0.3, 0.4) is 0 Å². The van der Waals surface area contributed by atoms with Crippen LogP contribution in [0.15, 0.2) is 5.16 Å². The number of amides is 1. The zero-order valence-corrected chi connectivity index (χ0v) is 10.4. The summed E-state index contributed by atoms with van der Waals surface area (Å²) in [7, 11) is 4.44. The van der Waals surface area contributed by atoms with Crippen LogP contribution in [0.25, 0.3) is 0 Å². The topological polar surface area (TPSA) is 80.2 Å². The Balaban J connectivity index is 5.14. The van der Waals surface area contributed by atoms with Gasteiger partial charge in [0, 0.05) is 26.7 Å². The summed E-state index contributed by atoms with van der Waals surface area (Å²) in [6, 6.07) is 0. The van der Waals surface area contributed by atoms with Crippen molar-refractivity contribution in [3.05, 3.63) is 0 Å². The van der Waals surface area contributed by atoms with Crippen LogP contribution < -0.4 is 5.32 Å². The fraction of sp³-hybridized carbons (Fsp3) is 0.800. The molecule has 0 aliphatic carbocycles. The normalized spacial score (nSPS) is 14.4. The third kappa shape index (κ3) is 3.46. The van der Waals surface area contributed by atoms with Crippen LogP contribution in [-0.2, 0) is 14.3 Å². The molecule has 0 aromatic rings. The third-order valence-corrected chi connectivity index (χ3v) is 2.46. The number of nitrogens with one attached hydrogen (secondary N) is 1. The van der Waals surface area contributed by atoms with Gasteiger partial charge >= 0.3 is 0 Å². The van der Waals surface area contributed by atoms with Crippen molar-refractivity contribution in [3.8, 4) is 0 Å². The van der Waals surface area contributed by atoms with Crippen molar-refractivity contribution in [1.82, 2.24) is 5.32 Å². The lowest BCUT2D eigenvalue weighted by molar-refractivity contribution is -0.168. The molecule has 6 nitrogen and oxygen atoms in total. The summed E-state index contributed by atoms with van der Waals surface area (Å²) in [5.74, 6) is -0.845. The molecule has 94 valence electrons. The summed E-state index contributed by atoms with van der Waals surface area (Å²) in [5.41, 5.74) is -0.689. The summed E-state index contributed by atoms with van der Waals surface area (Å²) in [6.07, 6.45) is 0.589. The van der Waals surface area contributed by atoms with Gasteiger partial charge in [-0.2, -0.15) is 0 Å². The molecule has 2 N–H and O–H groups in total. The summed E-state index contributed by atoms with van der Waals surface area (Å²) >= 11 is 0. The Morgan fingerprint density at radius 3 is 2.25 bits per heavy atom. The second-order valence-corrected chi connectivity index (χ2v) is 4.00. The van der Waals surface area contributed by atoms with Gasteiger partial charge in [-0.3, -0.25) is 4.79 Å². The highest BCUT2D eigenvalue weighted by Gasteiger charge is 2.40. The molecule has 0 bridgehead atoms. The van der Waals surface area contributed by atoms with Gasteiger partial charge in [-0.05, 0) is 0 Å². The van der Waals surface area contributed by atoms with Gasteiger partial charge in [-0.25, -0.2) is 0 Å². The summed E-state index contributed by atoms with van der Waals surface area (Å²) in [4.78, 5) is 11.8. The van der Waals surface area contributed by atoms with Crippen LogP contribution in [0.4, 0.5) is 0 Å². The van der Waals surface area contributed by atoms with Gasteiger partial charge in [0.2, 0.25) is 5.91 Å². The molecular formula is C10H20N2O4. The Bertz CT molecular complexity index is 249. The van der Waals surface area contributed by atoms with E-state index in [1.807, 2.05) is 0 Å². The minimum atomic E-state index is -0.701. The first kappa shape index (κ1) is 14.9. The number of oxime groups is 1. The summed E-state index contributed by atoms with van der Waals surface area (Å²) < 4.78 is 10.2. The van der Waals surface area contributed by atoms with E-state index in [2.05, 4.69) is 10.5 Å². The summed E-state index contributed by atoms with van der Waals surface area (Å²) in [6.45, 7) is 3.52. The number of methoxy groups -OCH3 is 2. The largest absolute Gasteiger partial charge is 0.411 e. The first-order chi connectivity index (χ1) is 7.44. The van der Waals surface area contributed by atoms with E-state index >= 15 is 0 Å². The van der Waals surface area contributed by atoms with E-state index in [4.69, 9.17) is 14.7 Å².